The van der Waals surface area contributed by atoms with Crippen molar-refractivity contribution in [3.05, 3.63) is 0 Å². The lowest BCUT2D eigenvalue weighted by Crippen LogP contribution is -2.01. The number of rotatable bonds is 17. The van der Waals surface area contributed by atoms with Crippen molar-refractivity contribution in [1.29, 1.82) is 0 Å². The van der Waals surface area contributed by atoms with Gasteiger partial charge in [0.1, 0.15) is 0 Å². The Morgan fingerprint density at radius 3 is 1.68 bits per heavy atom. The van der Waals surface area contributed by atoms with E-state index < -0.39 is 5.97 Å². The number of carbonyl (C=O) groups is 1. The van der Waals surface area contributed by atoms with E-state index in [1.807, 2.05) is 0 Å². The van der Waals surface area contributed by atoms with Crippen LogP contribution in [0.3, 0.4) is 0 Å². The molecule has 0 heterocycles. The van der Waals surface area contributed by atoms with Gasteiger partial charge in [-0.3, -0.25) is 4.79 Å². The lowest BCUT2D eigenvalue weighted by atomic mass is 9.90. The number of carboxylic acids is 1. The number of carboxylic acid groups (broad SMARTS) is 1. The fourth-order valence-corrected chi connectivity index (χ4v) is 3.20. The highest BCUT2D eigenvalue weighted by Gasteiger charge is 2.08. The van der Waals surface area contributed by atoms with Crippen molar-refractivity contribution in [2.24, 2.45) is 5.92 Å². The second-order valence-corrected chi connectivity index (χ2v) is 6.91. The Hall–Kier alpha value is -0.530. The van der Waals surface area contributed by atoms with Gasteiger partial charge in [-0.05, 0) is 12.3 Å². The van der Waals surface area contributed by atoms with Crippen molar-refractivity contribution in [3.8, 4) is 0 Å². The highest BCUT2D eigenvalue weighted by atomic mass is 16.4. The van der Waals surface area contributed by atoms with Crippen molar-refractivity contribution < 1.29 is 9.90 Å². The Balaban J connectivity index is 3.62. The molecular formula is C20H40O2. The van der Waals surface area contributed by atoms with Crippen LogP contribution in [0.15, 0.2) is 0 Å². The largest absolute Gasteiger partial charge is 0.481 e. The van der Waals surface area contributed by atoms with Crippen LogP contribution in [0.4, 0.5) is 0 Å². The fraction of sp³-hybridized carbons (Fsp3) is 0.950. The molecule has 0 aromatic heterocycles. The van der Waals surface area contributed by atoms with Crippen LogP contribution in [0.5, 0.6) is 0 Å². The lowest BCUT2D eigenvalue weighted by Gasteiger charge is -2.16. The van der Waals surface area contributed by atoms with Gasteiger partial charge < -0.3 is 5.11 Å². The maximum atomic E-state index is 10.5. The minimum Gasteiger partial charge on any atom is -0.481 e. The molecule has 0 saturated heterocycles. The Labute approximate surface area is 139 Å². The Morgan fingerprint density at radius 1 is 0.682 bits per heavy atom. The quantitative estimate of drug-likeness (QED) is 0.294. The normalized spacial score (nSPS) is 12.5. The molecule has 2 nitrogen and oxygen atoms in total. The average Bonchev–Trinajstić information content (AvgIpc) is 2.50. The number of aliphatic carboxylic acids is 1. The summed E-state index contributed by atoms with van der Waals surface area (Å²) in [6, 6.07) is 0. The SMILES string of the molecule is CCCCCCCCC(CCCC)CCCCCCC(=O)O. The minimum atomic E-state index is -0.649. The third-order valence-electron chi connectivity index (χ3n) is 4.68. The van der Waals surface area contributed by atoms with Crippen molar-refractivity contribution in [2.45, 2.75) is 117 Å². The molecule has 1 N–H and O–H groups in total. The molecule has 1 atom stereocenters. The van der Waals surface area contributed by atoms with Crippen molar-refractivity contribution in [2.75, 3.05) is 0 Å². The molecule has 0 amide bonds. The molecule has 0 fully saturated rings. The molecule has 132 valence electrons. The van der Waals surface area contributed by atoms with Crippen LogP contribution in [-0.2, 0) is 4.79 Å². The number of hydrogen-bond donors (Lipinski definition) is 1. The summed E-state index contributed by atoms with van der Waals surface area (Å²) in [5.74, 6) is 0.273. The van der Waals surface area contributed by atoms with Crippen LogP contribution >= 0.6 is 0 Å². The van der Waals surface area contributed by atoms with Gasteiger partial charge >= 0.3 is 5.97 Å². The summed E-state index contributed by atoms with van der Waals surface area (Å²) in [6.07, 6.45) is 20.1. The van der Waals surface area contributed by atoms with E-state index in [4.69, 9.17) is 5.11 Å². The molecular weight excluding hydrogens is 272 g/mol. The average molecular weight is 313 g/mol. The third-order valence-corrected chi connectivity index (χ3v) is 4.68. The summed E-state index contributed by atoms with van der Waals surface area (Å²) in [4.78, 5) is 10.5. The first kappa shape index (κ1) is 21.5. The maximum absolute atomic E-state index is 10.5. The molecule has 0 aliphatic heterocycles. The summed E-state index contributed by atoms with van der Waals surface area (Å²) in [6.45, 7) is 4.56. The number of unbranched alkanes of at least 4 members (excludes halogenated alkanes) is 9. The zero-order valence-electron chi connectivity index (χ0n) is 15.2. The van der Waals surface area contributed by atoms with Crippen molar-refractivity contribution >= 4 is 5.97 Å². The summed E-state index contributed by atoms with van der Waals surface area (Å²) >= 11 is 0. The van der Waals surface area contributed by atoms with Crippen LogP contribution in [0.1, 0.15) is 117 Å². The van der Waals surface area contributed by atoms with Crippen molar-refractivity contribution in [1.82, 2.24) is 0 Å². The van der Waals surface area contributed by atoms with E-state index >= 15 is 0 Å². The minimum absolute atomic E-state index is 0.344. The summed E-state index contributed by atoms with van der Waals surface area (Å²) < 4.78 is 0. The maximum Gasteiger partial charge on any atom is 0.303 e. The van der Waals surface area contributed by atoms with E-state index in [1.165, 1.54) is 83.5 Å². The van der Waals surface area contributed by atoms with Crippen LogP contribution in [0.2, 0.25) is 0 Å². The van der Waals surface area contributed by atoms with Gasteiger partial charge in [0, 0.05) is 6.42 Å². The van der Waals surface area contributed by atoms with E-state index in [9.17, 15) is 4.79 Å². The molecule has 0 aromatic carbocycles. The van der Waals surface area contributed by atoms with Gasteiger partial charge in [-0.15, -0.1) is 0 Å². The highest BCUT2D eigenvalue weighted by molar-refractivity contribution is 5.66. The van der Waals surface area contributed by atoms with E-state index in [0.29, 0.717) is 6.42 Å². The van der Waals surface area contributed by atoms with Gasteiger partial charge in [0.15, 0.2) is 0 Å². The zero-order valence-corrected chi connectivity index (χ0v) is 15.2. The van der Waals surface area contributed by atoms with Crippen LogP contribution in [0.25, 0.3) is 0 Å². The van der Waals surface area contributed by atoms with Crippen LogP contribution in [-0.4, -0.2) is 11.1 Å². The van der Waals surface area contributed by atoms with Gasteiger partial charge in [0.05, 0.1) is 0 Å². The fourth-order valence-electron chi connectivity index (χ4n) is 3.20. The molecule has 22 heavy (non-hydrogen) atoms. The topological polar surface area (TPSA) is 37.3 Å². The molecule has 1 unspecified atom stereocenters. The Bertz CT molecular complexity index is 238. The Morgan fingerprint density at radius 2 is 1.14 bits per heavy atom. The first-order valence-corrected chi connectivity index (χ1v) is 9.92. The first-order chi connectivity index (χ1) is 10.7. The lowest BCUT2D eigenvalue weighted by molar-refractivity contribution is -0.137. The van der Waals surface area contributed by atoms with E-state index in [0.717, 1.165) is 18.8 Å². The predicted molar refractivity (Wildman–Crippen MR) is 96.3 cm³/mol. The summed E-state index contributed by atoms with van der Waals surface area (Å²) in [5.41, 5.74) is 0. The predicted octanol–water partition coefficient (Wildman–Crippen LogP) is 6.97. The molecule has 2 heteroatoms. The monoisotopic (exact) mass is 312 g/mol. The van der Waals surface area contributed by atoms with Gasteiger partial charge in [-0.2, -0.15) is 0 Å². The van der Waals surface area contributed by atoms with E-state index in [-0.39, 0.29) is 0 Å². The summed E-state index contributed by atoms with van der Waals surface area (Å²) in [5, 5.41) is 8.63. The highest BCUT2D eigenvalue weighted by Crippen LogP contribution is 2.23. The Kier molecular flexibility index (Phi) is 16.4. The molecule has 0 aliphatic rings. The molecule has 0 rings (SSSR count). The third kappa shape index (κ3) is 15.9. The summed E-state index contributed by atoms with van der Waals surface area (Å²) in [7, 11) is 0. The van der Waals surface area contributed by atoms with E-state index in [2.05, 4.69) is 13.8 Å². The smallest absolute Gasteiger partial charge is 0.303 e. The molecule has 0 saturated carbocycles. The van der Waals surface area contributed by atoms with Gasteiger partial charge in [-0.25, -0.2) is 0 Å². The van der Waals surface area contributed by atoms with Gasteiger partial charge in [0.2, 0.25) is 0 Å². The van der Waals surface area contributed by atoms with Gasteiger partial charge in [0.25, 0.3) is 0 Å². The van der Waals surface area contributed by atoms with Crippen LogP contribution < -0.4 is 0 Å². The van der Waals surface area contributed by atoms with Gasteiger partial charge in [-0.1, -0.05) is 104 Å². The standard InChI is InChI=1S/C20H40O2/c1-3-5-7-8-9-12-16-19(15-6-4-2)17-13-10-11-14-18-20(21)22/h19H,3-18H2,1-2H3,(H,21,22). The zero-order chi connectivity index (χ0) is 16.5. The first-order valence-electron chi connectivity index (χ1n) is 9.92. The molecule has 0 bridgehead atoms. The van der Waals surface area contributed by atoms with Crippen LogP contribution in [0, 0.1) is 5.92 Å². The number of hydrogen-bond acceptors (Lipinski definition) is 1. The second kappa shape index (κ2) is 16.8. The van der Waals surface area contributed by atoms with E-state index in [1.54, 1.807) is 0 Å². The molecule has 0 spiro atoms. The molecule has 0 radical (unpaired) electrons. The second-order valence-electron chi connectivity index (χ2n) is 6.91. The molecule has 0 aromatic rings. The van der Waals surface area contributed by atoms with Crippen molar-refractivity contribution in [3.63, 3.8) is 0 Å². The molecule has 0 aliphatic carbocycles.